The van der Waals surface area contributed by atoms with E-state index in [1.807, 2.05) is 0 Å². The Bertz CT molecular complexity index is 653. The van der Waals surface area contributed by atoms with E-state index in [2.05, 4.69) is 28.2 Å². The molecule has 0 saturated carbocycles. The topological polar surface area (TPSA) is 63.1 Å². The number of benzene rings is 1. The lowest BCUT2D eigenvalue weighted by Gasteiger charge is -2.09. The SMILES string of the molecule is O=C(O)CCc1cncnc1-c1ccc2c(c1)CCC2. The van der Waals surface area contributed by atoms with Crippen LogP contribution in [0, 0.1) is 0 Å². The van der Waals surface area contributed by atoms with Crippen LogP contribution >= 0.6 is 0 Å². The van der Waals surface area contributed by atoms with Crippen LogP contribution in [0.1, 0.15) is 29.5 Å². The van der Waals surface area contributed by atoms with Gasteiger partial charge in [0.1, 0.15) is 6.33 Å². The zero-order chi connectivity index (χ0) is 13.9. The van der Waals surface area contributed by atoms with Gasteiger partial charge in [-0.05, 0) is 48.4 Å². The molecule has 102 valence electrons. The van der Waals surface area contributed by atoms with Crippen molar-refractivity contribution >= 4 is 5.97 Å². The highest BCUT2D eigenvalue weighted by molar-refractivity contribution is 5.69. The molecule has 2 aromatic rings. The van der Waals surface area contributed by atoms with E-state index in [0.29, 0.717) is 6.42 Å². The number of hydrogen-bond donors (Lipinski definition) is 1. The molecule has 1 aromatic carbocycles. The van der Waals surface area contributed by atoms with Crippen molar-refractivity contribution in [2.75, 3.05) is 0 Å². The second kappa shape index (κ2) is 5.41. The Hall–Kier alpha value is -2.23. The minimum atomic E-state index is -0.797. The fourth-order valence-corrected chi connectivity index (χ4v) is 2.76. The molecule has 1 heterocycles. The maximum atomic E-state index is 10.7. The zero-order valence-electron chi connectivity index (χ0n) is 11.2. The van der Waals surface area contributed by atoms with Crippen LogP contribution in [-0.4, -0.2) is 21.0 Å². The molecule has 0 bridgehead atoms. The molecule has 0 saturated heterocycles. The molecule has 20 heavy (non-hydrogen) atoms. The molecule has 3 rings (SSSR count). The quantitative estimate of drug-likeness (QED) is 0.926. The number of carboxylic acids is 1. The average molecular weight is 268 g/mol. The fraction of sp³-hybridized carbons (Fsp3) is 0.312. The molecule has 1 N–H and O–H groups in total. The monoisotopic (exact) mass is 268 g/mol. The predicted molar refractivity (Wildman–Crippen MR) is 75.4 cm³/mol. The molecule has 0 spiro atoms. The van der Waals surface area contributed by atoms with Crippen LogP contribution in [0.25, 0.3) is 11.3 Å². The minimum Gasteiger partial charge on any atom is -0.481 e. The van der Waals surface area contributed by atoms with Crippen molar-refractivity contribution in [1.82, 2.24) is 9.97 Å². The lowest BCUT2D eigenvalue weighted by molar-refractivity contribution is -0.136. The van der Waals surface area contributed by atoms with Crippen molar-refractivity contribution < 1.29 is 9.90 Å². The first-order chi connectivity index (χ1) is 9.74. The average Bonchev–Trinajstić information content (AvgIpc) is 2.92. The van der Waals surface area contributed by atoms with E-state index < -0.39 is 5.97 Å². The highest BCUT2D eigenvalue weighted by Crippen LogP contribution is 2.28. The maximum absolute atomic E-state index is 10.7. The Morgan fingerprint density at radius 3 is 2.95 bits per heavy atom. The van der Waals surface area contributed by atoms with Crippen molar-refractivity contribution in [3.8, 4) is 11.3 Å². The van der Waals surface area contributed by atoms with Crippen LogP contribution in [0.5, 0.6) is 0 Å². The fourth-order valence-electron chi connectivity index (χ4n) is 2.76. The second-order valence-electron chi connectivity index (χ2n) is 5.13. The molecule has 4 nitrogen and oxygen atoms in total. The van der Waals surface area contributed by atoms with Crippen LogP contribution in [0.2, 0.25) is 0 Å². The van der Waals surface area contributed by atoms with Gasteiger partial charge in [0, 0.05) is 18.2 Å². The summed E-state index contributed by atoms with van der Waals surface area (Å²) in [4.78, 5) is 19.1. The molecule has 0 unspecified atom stereocenters. The number of aliphatic carboxylic acids is 1. The normalized spacial score (nSPS) is 13.2. The summed E-state index contributed by atoms with van der Waals surface area (Å²) >= 11 is 0. The largest absolute Gasteiger partial charge is 0.481 e. The van der Waals surface area contributed by atoms with Gasteiger partial charge in [-0.2, -0.15) is 0 Å². The zero-order valence-corrected chi connectivity index (χ0v) is 11.2. The number of carboxylic acid groups (broad SMARTS) is 1. The third-order valence-electron chi connectivity index (χ3n) is 3.77. The van der Waals surface area contributed by atoms with Gasteiger partial charge in [-0.15, -0.1) is 0 Å². The third kappa shape index (κ3) is 2.54. The van der Waals surface area contributed by atoms with Gasteiger partial charge in [0.05, 0.1) is 5.69 Å². The number of aromatic nitrogens is 2. The summed E-state index contributed by atoms with van der Waals surface area (Å²) in [6.45, 7) is 0. The molecule has 1 aliphatic rings. The summed E-state index contributed by atoms with van der Waals surface area (Å²) in [6.07, 6.45) is 7.30. The Morgan fingerprint density at radius 1 is 1.25 bits per heavy atom. The van der Waals surface area contributed by atoms with Crippen LogP contribution in [0.4, 0.5) is 0 Å². The highest BCUT2D eigenvalue weighted by atomic mass is 16.4. The van der Waals surface area contributed by atoms with Crippen LogP contribution in [0.3, 0.4) is 0 Å². The number of rotatable bonds is 4. The van der Waals surface area contributed by atoms with Crippen LogP contribution in [0.15, 0.2) is 30.7 Å². The molecule has 4 heteroatoms. The highest BCUT2D eigenvalue weighted by Gasteiger charge is 2.14. The van der Waals surface area contributed by atoms with E-state index in [-0.39, 0.29) is 6.42 Å². The Labute approximate surface area is 117 Å². The predicted octanol–water partition coefficient (Wildman–Crippen LogP) is 2.65. The van der Waals surface area contributed by atoms with Gasteiger partial charge < -0.3 is 5.11 Å². The van der Waals surface area contributed by atoms with E-state index in [0.717, 1.165) is 29.7 Å². The van der Waals surface area contributed by atoms with Crippen LogP contribution in [-0.2, 0) is 24.1 Å². The second-order valence-corrected chi connectivity index (χ2v) is 5.13. The Kier molecular flexibility index (Phi) is 3.46. The van der Waals surface area contributed by atoms with E-state index in [1.165, 1.54) is 23.9 Å². The molecule has 0 radical (unpaired) electrons. The summed E-state index contributed by atoms with van der Waals surface area (Å²) < 4.78 is 0. The number of carbonyl (C=O) groups is 1. The molecule has 1 aliphatic carbocycles. The van der Waals surface area contributed by atoms with Gasteiger partial charge in [-0.3, -0.25) is 4.79 Å². The van der Waals surface area contributed by atoms with Gasteiger partial charge in [0.2, 0.25) is 0 Å². The van der Waals surface area contributed by atoms with Gasteiger partial charge >= 0.3 is 5.97 Å². The number of nitrogens with zero attached hydrogens (tertiary/aromatic N) is 2. The lowest BCUT2D eigenvalue weighted by Crippen LogP contribution is -2.01. The number of hydrogen-bond acceptors (Lipinski definition) is 3. The van der Waals surface area contributed by atoms with E-state index >= 15 is 0 Å². The van der Waals surface area contributed by atoms with Crippen LogP contribution < -0.4 is 0 Å². The molecule has 0 amide bonds. The first-order valence-corrected chi connectivity index (χ1v) is 6.87. The van der Waals surface area contributed by atoms with Gasteiger partial charge in [-0.1, -0.05) is 12.1 Å². The van der Waals surface area contributed by atoms with E-state index in [9.17, 15) is 4.79 Å². The lowest BCUT2D eigenvalue weighted by atomic mass is 10.00. The molecular formula is C16H16N2O2. The Balaban J connectivity index is 1.95. The molecule has 1 aromatic heterocycles. The third-order valence-corrected chi connectivity index (χ3v) is 3.77. The van der Waals surface area contributed by atoms with Crippen molar-refractivity contribution in [3.05, 3.63) is 47.4 Å². The van der Waals surface area contributed by atoms with Gasteiger partial charge in [-0.25, -0.2) is 9.97 Å². The van der Waals surface area contributed by atoms with E-state index in [4.69, 9.17) is 5.11 Å². The van der Waals surface area contributed by atoms with Crippen molar-refractivity contribution in [2.45, 2.75) is 32.1 Å². The van der Waals surface area contributed by atoms with Gasteiger partial charge in [0.25, 0.3) is 0 Å². The smallest absolute Gasteiger partial charge is 0.303 e. The summed E-state index contributed by atoms with van der Waals surface area (Å²) in [5.41, 5.74) is 5.64. The van der Waals surface area contributed by atoms with Crippen molar-refractivity contribution in [3.63, 3.8) is 0 Å². The number of fused-ring (bicyclic) bond motifs is 1. The van der Waals surface area contributed by atoms with E-state index in [1.54, 1.807) is 6.20 Å². The maximum Gasteiger partial charge on any atom is 0.303 e. The Morgan fingerprint density at radius 2 is 2.10 bits per heavy atom. The summed E-state index contributed by atoms with van der Waals surface area (Å²) in [6, 6.07) is 6.44. The number of aryl methyl sites for hydroxylation is 3. The first kappa shape index (κ1) is 12.8. The minimum absolute atomic E-state index is 0.102. The molecule has 0 fully saturated rings. The van der Waals surface area contributed by atoms with Gasteiger partial charge in [0.15, 0.2) is 0 Å². The summed E-state index contributed by atoms with van der Waals surface area (Å²) in [5, 5.41) is 8.82. The van der Waals surface area contributed by atoms with Crippen molar-refractivity contribution in [2.24, 2.45) is 0 Å². The molecule has 0 atom stereocenters. The molecular weight excluding hydrogens is 252 g/mol. The summed E-state index contributed by atoms with van der Waals surface area (Å²) in [5.74, 6) is -0.797. The standard InChI is InChI=1S/C16H16N2O2/c19-15(20)7-6-14-9-17-10-18-16(14)13-5-4-11-2-1-3-12(11)8-13/h4-5,8-10H,1-3,6-7H2,(H,19,20). The summed E-state index contributed by atoms with van der Waals surface area (Å²) in [7, 11) is 0. The van der Waals surface area contributed by atoms with Crippen molar-refractivity contribution in [1.29, 1.82) is 0 Å². The molecule has 0 aliphatic heterocycles. The first-order valence-electron chi connectivity index (χ1n) is 6.87.